The van der Waals surface area contributed by atoms with E-state index in [1.807, 2.05) is 78.9 Å². The lowest BCUT2D eigenvalue weighted by molar-refractivity contribution is -0.139. The molecule has 0 bridgehead atoms. The summed E-state index contributed by atoms with van der Waals surface area (Å²) < 4.78 is 5.45. The molecule has 1 aliphatic rings. The zero-order valence-corrected chi connectivity index (χ0v) is 18.3. The zero-order valence-electron chi connectivity index (χ0n) is 18.3. The monoisotopic (exact) mass is 441 g/mol. The summed E-state index contributed by atoms with van der Waals surface area (Å²) in [4.78, 5) is 16.7. The molecule has 5 nitrogen and oxygen atoms in total. The topological polar surface area (TPSA) is 68.1 Å². The molecule has 0 aromatic heterocycles. The lowest BCUT2D eigenvalue weighted by atomic mass is 9.83. The highest BCUT2D eigenvalue weighted by Crippen LogP contribution is 2.32. The van der Waals surface area contributed by atoms with E-state index < -0.39 is 5.97 Å². The fraction of sp³-hybridized carbons (Fsp3) is 0.214. The van der Waals surface area contributed by atoms with Crippen LogP contribution in [0, 0.1) is 5.92 Å². The van der Waals surface area contributed by atoms with Gasteiger partial charge in [0.1, 0.15) is 5.75 Å². The molecule has 1 unspecified atom stereocenters. The predicted molar refractivity (Wildman–Crippen MR) is 129 cm³/mol. The third-order valence-electron chi connectivity index (χ3n) is 5.73. The summed E-state index contributed by atoms with van der Waals surface area (Å²) in [5.74, 6) is 0.102. The summed E-state index contributed by atoms with van der Waals surface area (Å²) in [5, 5.41) is 13.1. The maximum Gasteiger partial charge on any atom is 0.341 e. The van der Waals surface area contributed by atoms with Crippen LogP contribution in [0.1, 0.15) is 34.8 Å². The molecule has 0 amide bonds. The number of hydrogen-bond acceptors (Lipinski definition) is 4. The molecular formula is C28H27NO4. The summed E-state index contributed by atoms with van der Waals surface area (Å²) in [6.07, 6.45) is 8.25. The molecule has 0 fully saturated rings. The number of benzene rings is 3. The van der Waals surface area contributed by atoms with E-state index >= 15 is 0 Å². The highest BCUT2D eigenvalue weighted by molar-refractivity contribution is 5.70. The Labute approximate surface area is 194 Å². The van der Waals surface area contributed by atoms with Crippen molar-refractivity contribution in [3.63, 3.8) is 0 Å². The normalized spacial score (nSPS) is 15.6. The van der Waals surface area contributed by atoms with Crippen LogP contribution in [-0.4, -0.2) is 23.9 Å². The first-order valence-electron chi connectivity index (χ1n) is 11.1. The molecule has 1 atom stereocenters. The van der Waals surface area contributed by atoms with Crippen LogP contribution in [-0.2, 0) is 22.5 Å². The average molecular weight is 442 g/mol. The van der Waals surface area contributed by atoms with Crippen molar-refractivity contribution in [1.82, 2.24) is 0 Å². The second kappa shape index (κ2) is 11.1. The highest BCUT2D eigenvalue weighted by Gasteiger charge is 2.20. The first-order valence-corrected chi connectivity index (χ1v) is 11.1. The Morgan fingerprint density at radius 2 is 1.70 bits per heavy atom. The Hall–Kier alpha value is -3.86. The SMILES string of the molecule is O=C(O)COc1cccc2c1CCC(C=CC=NOC(c1ccccc1)c1ccccc1)C2. The minimum Gasteiger partial charge on any atom is -0.482 e. The van der Waals surface area contributed by atoms with Crippen molar-refractivity contribution in [2.24, 2.45) is 11.1 Å². The molecule has 0 saturated heterocycles. The number of hydrogen-bond donors (Lipinski definition) is 1. The smallest absolute Gasteiger partial charge is 0.341 e. The van der Waals surface area contributed by atoms with Crippen molar-refractivity contribution in [1.29, 1.82) is 0 Å². The van der Waals surface area contributed by atoms with Crippen molar-refractivity contribution in [2.75, 3.05) is 6.61 Å². The van der Waals surface area contributed by atoms with E-state index in [4.69, 9.17) is 14.7 Å². The van der Waals surface area contributed by atoms with Gasteiger partial charge in [0.05, 0.1) is 6.21 Å². The molecule has 0 spiro atoms. The van der Waals surface area contributed by atoms with E-state index in [2.05, 4.69) is 17.3 Å². The number of rotatable bonds is 9. The Morgan fingerprint density at radius 3 is 2.36 bits per heavy atom. The number of ether oxygens (including phenoxy) is 1. The lowest BCUT2D eigenvalue weighted by Crippen LogP contribution is -2.16. The largest absolute Gasteiger partial charge is 0.482 e. The van der Waals surface area contributed by atoms with E-state index in [1.165, 1.54) is 5.56 Å². The predicted octanol–water partition coefficient (Wildman–Crippen LogP) is 5.60. The fourth-order valence-corrected chi connectivity index (χ4v) is 4.15. The van der Waals surface area contributed by atoms with Crippen molar-refractivity contribution < 1.29 is 19.5 Å². The lowest BCUT2D eigenvalue weighted by Gasteiger charge is -2.24. The summed E-state index contributed by atoms with van der Waals surface area (Å²) in [6.45, 7) is -0.316. The van der Waals surface area contributed by atoms with Crippen molar-refractivity contribution in [3.8, 4) is 5.75 Å². The quantitative estimate of drug-likeness (QED) is 0.347. The van der Waals surface area contributed by atoms with E-state index in [0.717, 1.165) is 36.0 Å². The van der Waals surface area contributed by atoms with Crippen molar-refractivity contribution >= 4 is 12.2 Å². The van der Waals surface area contributed by atoms with Crippen molar-refractivity contribution in [2.45, 2.75) is 25.4 Å². The molecule has 0 heterocycles. The molecular weight excluding hydrogens is 414 g/mol. The van der Waals surface area contributed by atoms with Crippen LogP contribution in [0.15, 0.2) is 96.2 Å². The molecule has 0 radical (unpaired) electrons. The number of fused-ring (bicyclic) bond motifs is 1. The Balaban J connectivity index is 1.37. The van der Waals surface area contributed by atoms with Crippen LogP contribution < -0.4 is 4.74 Å². The molecule has 1 aliphatic carbocycles. The van der Waals surface area contributed by atoms with Gasteiger partial charge < -0.3 is 14.7 Å². The summed E-state index contributed by atoms with van der Waals surface area (Å²) in [5.41, 5.74) is 4.43. The maximum atomic E-state index is 10.8. The summed E-state index contributed by atoms with van der Waals surface area (Å²) >= 11 is 0. The molecule has 0 saturated carbocycles. The second-order valence-electron chi connectivity index (χ2n) is 8.03. The van der Waals surface area contributed by atoms with E-state index in [9.17, 15) is 4.79 Å². The van der Waals surface area contributed by atoms with Gasteiger partial charge in [0, 0.05) is 0 Å². The third-order valence-corrected chi connectivity index (χ3v) is 5.73. The summed E-state index contributed by atoms with van der Waals surface area (Å²) in [7, 11) is 0. The van der Waals surface area contributed by atoms with Crippen LogP contribution >= 0.6 is 0 Å². The summed E-state index contributed by atoms with van der Waals surface area (Å²) in [6, 6.07) is 26.0. The van der Waals surface area contributed by atoms with Gasteiger partial charge in [0.15, 0.2) is 12.7 Å². The van der Waals surface area contributed by atoms with E-state index in [-0.39, 0.29) is 12.7 Å². The number of carboxylic acids is 1. The number of carbonyl (C=O) groups is 1. The first-order chi connectivity index (χ1) is 16.2. The van der Waals surface area contributed by atoms with Gasteiger partial charge in [0.25, 0.3) is 0 Å². The second-order valence-corrected chi connectivity index (χ2v) is 8.03. The maximum absolute atomic E-state index is 10.8. The van der Waals surface area contributed by atoms with Crippen LogP contribution in [0.2, 0.25) is 0 Å². The molecule has 1 N–H and O–H groups in total. The third kappa shape index (κ3) is 6.10. The van der Waals surface area contributed by atoms with E-state index in [1.54, 1.807) is 6.21 Å². The number of nitrogens with zero attached hydrogens (tertiary/aromatic N) is 1. The number of aliphatic carboxylic acids is 1. The van der Waals surface area contributed by atoms with Gasteiger partial charge in [-0.05, 0) is 59.6 Å². The number of oxime groups is 1. The molecule has 33 heavy (non-hydrogen) atoms. The standard InChI is InChI=1S/C28H27NO4/c30-27(31)20-32-26-15-7-14-24-19-21(16-17-25(24)26)9-8-18-29-33-28(22-10-3-1-4-11-22)23-12-5-2-6-13-23/h1-15,18,21,28H,16-17,19-20H2,(H,30,31). The fourth-order valence-electron chi connectivity index (χ4n) is 4.15. The minimum atomic E-state index is -0.965. The molecule has 4 rings (SSSR count). The first kappa shape index (κ1) is 22.3. The number of allylic oxidation sites excluding steroid dienone is 2. The van der Waals surface area contributed by atoms with Gasteiger partial charge in [-0.15, -0.1) is 0 Å². The van der Waals surface area contributed by atoms with Gasteiger partial charge in [-0.1, -0.05) is 84.0 Å². The van der Waals surface area contributed by atoms with Gasteiger partial charge in [-0.25, -0.2) is 4.79 Å². The molecule has 168 valence electrons. The highest BCUT2D eigenvalue weighted by atomic mass is 16.6. The Kier molecular flexibility index (Phi) is 7.54. The van der Waals surface area contributed by atoms with Gasteiger partial charge >= 0.3 is 5.97 Å². The van der Waals surface area contributed by atoms with Crippen LogP contribution in [0.25, 0.3) is 0 Å². The van der Waals surface area contributed by atoms with Gasteiger partial charge in [-0.2, -0.15) is 0 Å². The van der Waals surface area contributed by atoms with Crippen LogP contribution in [0.4, 0.5) is 0 Å². The van der Waals surface area contributed by atoms with Gasteiger partial charge in [0.2, 0.25) is 0 Å². The molecule has 0 aliphatic heterocycles. The van der Waals surface area contributed by atoms with Crippen molar-refractivity contribution in [3.05, 3.63) is 113 Å². The molecule has 5 heteroatoms. The minimum absolute atomic E-state index is 0.261. The van der Waals surface area contributed by atoms with Gasteiger partial charge in [-0.3, -0.25) is 0 Å². The Bertz CT molecular complexity index is 1070. The van der Waals surface area contributed by atoms with Crippen LogP contribution in [0.5, 0.6) is 5.75 Å². The average Bonchev–Trinajstić information content (AvgIpc) is 2.85. The molecule has 3 aromatic rings. The van der Waals surface area contributed by atoms with E-state index in [0.29, 0.717) is 11.7 Å². The molecule has 3 aromatic carbocycles. The Morgan fingerprint density at radius 1 is 1.00 bits per heavy atom. The van der Waals surface area contributed by atoms with Crippen LogP contribution in [0.3, 0.4) is 0 Å². The zero-order chi connectivity index (χ0) is 22.9. The number of carboxylic acid groups (broad SMARTS) is 1.